The van der Waals surface area contributed by atoms with Crippen LogP contribution in [0.25, 0.3) is 0 Å². The van der Waals surface area contributed by atoms with E-state index in [0.29, 0.717) is 5.69 Å². The third-order valence-electron chi connectivity index (χ3n) is 3.02. The van der Waals surface area contributed by atoms with Crippen molar-refractivity contribution in [3.8, 4) is 0 Å². The molecule has 3 rings (SSSR count). The highest BCUT2D eigenvalue weighted by Crippen LogP contribution is 2.28. The van der Waals surface area contributed by atoms with E-state index in [9.17, 15) is 13.2 Å². The molecule has 1 fully saturated rings. The second-order valence-corrected chi connectivity index (χ2v) is 7.06. The van der Waals surface area contributed by atoms with Gasteiger partial charge in [-0.15, -0.1) is 4.40 Å². The van der Waals surface area contributed by atoms with Gasteiger partial charge in [-0.25, -0.2) is 0 Å². The maximum Gasteiger partial charge on any atom is 0.284 e. The first kappa shape index (κ1) is 14.8. The van der Waals surface area contributed by atoms with Gasteiger partial charge in [0.25, 0.3) is 10.0 Å². The Morgan fingerprint density at radius 1 is 0.955 bits per heavy atom. The van der Waals surface area contributed by atoms with Crippen molar-refractivity contribution in [3.05, 3.63) is 60.7 Å². The zero-order chi connectivity index (χ0) is 15.6. The molecule has 0 spiro atoms. The Morgan fingerprint density at radius 2 is 1.55 bits per heavy atom. The van der Waals surface area contributed by atoms with Crippen LogP contribution < -0.4 is 4.90 Å². The van der Waals surface area contributed by atoms with Crippen LogP contribution in [0.15, 0.2) is 70.0 Å². The van der Waals surface area contributed by atoms with Crippen LogP contribution in [0, 0.1) is 0 Å². The average molecular weight is 332 g/mol. The predicted octanol–water partition coefficient (Wildman–Crippen LogP) is 2.51. The summed E-state index contributed by atoms with van der Waals surface area (Å²) in [5, 5.41) is 0.181. The predicted molar refractivity (Wildman–Crippen MR) is 87.4 cm³/mol. The topological polar surface area (TPSA) is 66.8 Å². The van der Waals surface area contributed by atoms with E-state index in [1.54, 1.807) is 42.5 Å². The van der Waals surface area contributed by atoms with Gasteiger partial charge in [-0.3, -0.25) is 9.69 Å². The lowest BCUT2D eigenvalue weighted by molar-refractivity contribution is -0.115. The van der Waals surface area contributed by atoms with Crippen LogP contribution in [0.4, 0.5) is 5.69 Å². The monoisotopic (exact) mass is 332 g/mol. The summed E-state index contributed by atoms with van der Waals surface area (Å²) in [6.07, 6.45) is 0. The molecule has 0 N–H and O–H groups in total. The summed E-state index contributed by atoms with van der Waals surface area (Å²) in [6, 6.07) is 16.9. The summed E-state index contributed by atoms with van der Waals surface area (Å²) in [4.78, 5) is 13.5. The number of hydrogen-bond donors (Lipinski definition) is 0. The van der Waals surface area contributed by atoms with Crippen molar-refractivity contribution in [2.75, 3.05) is 10.7 Å². The van der Waals surface area contributed by atoms with E-state index in [4.69, 9.17) is 0 Å². The number of amidine groups is 1. The van der Waals surface area contributed by atoms with Gasteiger partial charge in [0.05, 0.1) is 16.3 Å². The Bertz CT molecular complexity index is 818. The summed E-state index contributed by atoms with van der Waals surface area (Å²) in [6.45, 7) is 0. The van der Waals surface area contributed by atoms with Crippen molar-refractivity contribution < 1.29 is 13.2 Å². The highest BCUT2D eigenvalue weighted by molar-refractivity contribution is 8.16. The molecule has 22 heavy (non-hydrogen) atoms. The third kappa shape index (κ3) is 2.90. The van der Waals surface area contributed by atoms with Crippen LogP contribution in [0.5, 0.6) is 0 Å². The zero-order valence-electron chi connectivity index (χ0n) is 11.4. The van der Waals surface area contributed by atoms with Gasteiger partial charge in [0.2, 0.25) is 5.91 Å². The maximum atomic E-state index is 12.3. The molecule has 1 aliphatic rings. The number of sulfonamides is 1. The van der Waals surface area contributed by atoms with E-state index in [2.05, 4.69) is 4.40 Å². The number of carbonyl (C=O) groups is 1. The second kappa shape index (κ2) is 5.94. The van der Waals surface area contributed by atoms with Crippen LogP contribution in [-0.2, 0) is 14.8 Å². The molecule has 0 aromatic heterocycles. The molecule has 2 aromatic carbocycles. The second-order valence-electron chi connectivity index (χ2n) is 4.52. The lowest BCUT2D eigenvalue weighted by atomic mass is 10.3. The molecule has 0 atom stereocenters. The molecule has 0 bridgehead atoms. The van der Waals surface area contributed by atoms with Gasteiger partial charge in [-0.2, -0.15) is 8.42 Å². The molecule has 0 saturated carbocycles. The fraction of sp³-hybridized carbons (Fsp3) is 0.0667. The molecule has 112 valence electrons. The largest absolute Gasteiger partial charge is 0.284 e. The fourth-order valence-corrected chi connectivity index (χ4v) is 4.13. The van der Waals surface area contributed by atoms with Gasteiger partial charge >= 0.3 is 0 Å². The van der Waals surface area contributed by atoms with E-state index >= 15 is 0 Å². The van der Waals surface area contributed by atoms with E-state index in [0.717, 1.165) is 11.8 Å². The van der Waals surface area contributed by atoms with E-state index in [-0.39, 0.29) is 21.7 Å². The van der Waals surface area contributed by atoms with E-state index in [1.807, 2.05) is 6.07 Å². The van der Waals surface area contributed by atoms with Crippen molar-refractivity contribution in [2.24, 2.45) is 4.40 Å². The van der Waals surface area contributed by atoms with Gasteiger partial charge in [-0.1, -0.05) is 48.2 Å². The molecule has 1 heterocycles. The molecule has 7 heteroatoms. The van der Waals surface area contributed by atoms with Crippen molar-refractivity contribution in [1.82, 2.24) is 0 Å². The number of benzene rings is 2. The maximum absolute atomic E-state index is 12.3. The number of amides is 1. The highest BCUT2D eigenvalue weighted by atomic mass is 32.2. The smallest absolute Gasteiger partial charge is 0.273 e. The minimum atomic E-state index is -3.83. The summed E-state index contributed by atoms with van der Waals surface area (Å²) in [5.74, 6) is -0.00360. The van der Waals surface area contributed by atoms with Gasteiger partial charge in [-0.05, 0) is 24.3 Å². The highest BCUT2D eigenvalue weighted by Gasteiger charge is 2.31. The van der Waals surface area contributed by atoms with Crippen molar-refractivity contribution >= 4 is 38.5 Å². The van der Waals surface area contributed by atoms with Crippen LogP contribution >= 0.6 is 11.8 Å². The first-order chi connectivity index (χ1) is 10.6. The van der Waals surface area contributed by atoms with Crippen LogP contribution in [0.2, 0.25) is 0 Å². The molecule has 1 amide bonds. The van der Waals surface area contributed by atoms with Gasteiger partial charge < -0.3 is 0 Å². The van der Waals surface area contributed by atoms with Crippen LogP contribution in [-0.4, -0.2) is 25.2 Å². The van der Waals surface area contributed by atoms with Crippen molar-refractivity contribution in [2.45, 2.75) is 4.90 Å². The van der Waals surface area contributed by atoms with Crippen molar-refractivity contribution in [1.29, 1.82) is 0 Å². The average Bonchev–Trinajstić information content (AvgIpc) is 2.89. The Labute approximate surface area is 132 Å². The summed E-state index contributed by atoms with van der Waals surface area (Å²) in [7, 11) is -3.83. The standard InChI is InChI=1S/C15H12N2O3S2/c18-14-11-21-15(17(14)12-7-3-1-4-8-12)16-22(19,20)13-9-5-2-6-10-13/h1-10H,11H2/b16-15-. The van der Waals surface area contributed by atoms with Gasteiger partial charge in [0, 0.05) is 0 Å². The molecule has 5 nitrogen and oxygen atoms in total. The quantitative estimate of drug-likeness (QED) is 0.866. The number of nitrogens with zero attached hydrogens (tertiary/aromatic N) is 2. The zero-order valence-corrected chi connectivity index (χ0v) is 13.0. The fourth-order valence-electron chi connectivity index (χ4n) is 2.01. The molecular formula is C15H12N2O3S2. The van der Waals surface area contributed by atoms with Gasteiger partial charge in [0.1, 0.15) is 0 Å². The lowest BCUT2D eigenvalue weighted by Crippen LogP contribution is -2.29. The first-order valence-electron chi connectivity index (χ1n) is 6.49. The number of para-hydroxylation sites is 1. The molecule has 1 saturated heterocycles. The number of thioether (sulfide) groups is 1. The minimum Gasteiger partial charge on any atom is -0.273 e. The molecular weight excluding hydrogens is 320 g/mol. The number of carbonyl (C=O) groups excluding carboxylic acids is 1. The normalized spacial score (nSPS) is 17.2. The summed E-state index contributed by atoms with van der Waals surface area (Å²) in [5.41, 5.74) is 0.611. The molecule has 2 aromatic rings. The summed E-state index contributed by atoms with van der Waals surface area (Å²) >= 11 is 1.12. The molecule has 1 aliphatic heterocycles. The minimum absolute atomic E-state index is 0.107. The number of rotatable bonds is 3. The van der Waals surface area contributed by atoms with E-state index in [1.165, 1.54) is 17.0 Å². The molecule has 0 radical (unpaired) electrons. The Kier molecular flexibility index (Phi) is 4.00. The Hall–Kier alpha value is -2.12. The number of hydrogen-bond acceptors (Lipinski definition) is 4. The molecule has 0 unspecified atom stereocenters. The third-order valence-corrected chi connectivity index (χ3v) is 5.34. The van der Waals surface area contributed by atoms with Crippen LogP contribution in [0.1, 0.15) is 0 Å². The SMILES string of the molecule is O=C1CS/C(=N\S(=O)(=O)c2ccccc2)N1c1ccccc1. The van der Waals surface area contributed by atoms with Crippen LogP contribution in [0.3, 0.4) is 0 Å². The molecule has 0 aliphatic carbocycles. The van der Waals surface area contributed by atoms with Crippen molar-refractivity contribution in [3.63, 3.8) is 0 Å². The number of anilines is 1. The Balaban J connectivity index is 2.02. The summed E-state index contributed by atoms with van der Waals surface area (Å²) < 4.78 is 28.5. The first-order valence-corrected chi connectivity index (χ1v) is 8.91. The van der Waals surface area contributed by atoms with Gasteiger partial charge in [0.15, 0.2) is 5.17 Å². The lowest BCUT2D eigenvalue weighted by Gasteiger charge is -2.15. The Morgan fingerprint density at radius 3 is 2.18 bits per heavy atom. The van der Waals surface area contributed by atoms with E-state index < -0.39 is 10.0 Å².